The summed E-state index contributed by atoms with van der Waals surface area (Å²) in [4.78, 5) is 7.18. The standard InChI is InChI=1S/C17H28ClN3/c1-12(2)9-19-10-16-15(18)5-6-17(20-16)21-8-7-13(3)14(4)11-21/h5-6,12-14,19H,7-11H2,1-4H3. The number of aromatic nitrogens is 1. The Morgan fingerprint density at radius 1 is 1.33 bits per heavy atom. The van der Waals surface area contributed by atoms with Gasteiger partial charge in [-0.3, -0.25) is 0 Å². The number of rotatable bonds is 5. The molecule has 0 aromatic carbocycles. The van der Waals surface area contributed by atoms with Crippen LogP contribution < -0.4 is 10.2 Å². The average molecular weight is 310 g/mol. The second-order valence-corrected chi connectivity index (χ2v) is 7.22. The van der Waals surface area contributed by atoms with Gasteiger partial charge < -0.3 is 10.2 Å². The minimum Gasteiger partial charge on any atom is -0.356 e. The lowest BCUT2D eigenvalue weighted by Gasteiger charge is -2.36. The number of nitrogens with one attached hydrogen (secondary N) is 1. The van der Waals surface area contributed by atoms with Crippen LogP contribution in [0, 0.1) is 17.8 Å². The molecule has 4 heteroatoms. The zero-order valence-electron chi connectivity index (χ0n) is 13.7. The number of hydrogen-bond donors (Lipinski definition) is 1. The molecule has 2 atom stereocenters. The van der Waals surface area contributed by atoms with Crippen LogP contribution in [-0.4, -0.2) is 24.6 Å². The van der Waals surface area contributed by atoms with Crippen molar-refractivity contribution in [2.45, 2.75) is 40.7 Å². The van der Waals surface area contributed by atoms with Gasteiger partial charge in [-0.1, -0.05) is 39.3 Å². The van der Waals surface area contributed by atoms with E-state index in [1.165, 1.54) is 6.42 Å². The highest BCUT2D eigenvalue weighted by molar-refractivity contribution is 6.31. The zero-order valence-corrected chi connectivity index (χ0v) is 14.5. The Bertz CT molecular complexity index is 461. The number of anilines is 1. The first kappa shape index (κ1) is 16.6. The number of halogens is 1. The van der Waals surface area contributed by atoms with Crippen LogP contribution in [0.15, 0.2) is 12.1 Å². The van der Waals surface area contributed by atoms with Crippen molar-refractivity contribution in [1.29, 1.82) is 0 Å². The van der Waals surface area contributed by atoms with E-state index in [0.717, 1.165) is 54.5 Å². The molecular formula is C17H28ClN3. The lowest BCUT2D eigenvalue weighted by Crippen LogP contribution is -2.39. The number of nitrogens with zero attached hydrogens (tertiary/aromatic N) is 2. The van der Waals surface area contributed by atoms with Crippen LogP contribution in [0.4, 0.5) is 5.82 Å². The maximum Gasteiger partial charge on any atom is 0.128 e. The SMILES string of the molecule is CC(C)CNCc1nc(N2CCC(C)C(C)C2)ccc1Cl. The van der Waals surface area contributed by atoms with Gasteiger partial charge in [-0.2, -0.15) is 0 Å². The molecule has 0 amide bonds. The van der Waals surface area contributed by atoms with E-state index in [1.54, 1.807) is 0 Å². The molecule has 118 valence electrons. The molecule has 0 saturated carbocycles. The summed E-state index contributed by atoms with van der Waals surface area (Å²) in [6.07, 6.45) is 1.24. The van der Waals surface area contributed by atoms with Crippen LogP contribution in [0.25, 0.3) is 0 Å². The lowest BCUT2D eigenvalue weighted by molar-refractivity contribution is 0.322. The summed E-state index contributed by atoms with van der Waals surface area (Å²) in [5.41, 5.74) is 0.959. The fraction of sp³-hybridized carbons (Fsp3) is 0.706. The highest BCUT2D eigenvalue weighted by atomic mass is 35.5. The molecule has 2 heterocycles. The Labute approximate surface area is 134 Å². The van der Waals surface area contributed by atoms with Gasteiger partial charge in [-0.05, 0) is 42.9 Å². The molecule has 1 aliphatic rings. The number of piperidine rings is 1. The third kappa shape index (κ3) is 4.58. The molecule has 0 bridgehead atoms. The van der Waals surface area contributed by atoms with Crippen LogP contribution >= 0.6 is 11.6 Å². The summed E-state index contributed by atoms with van der Waals surface area (Å²) >= 11 is 6.28. The van der Waals surface area contributed by atoms with E-state index in [9.17, 15) is 0 Å². The van der Waals surface area contributed by atoms with Crippen LogP contribution in [0.3, 0.4) is 0 Å². The maximum atomic E-state index is 6.28. The second-order valence-electron chi connectivity index (χ2n) is 6.81. The fourth-order valence-electron chi connectivity index (χ4n) is 2.72. The maximum absolute atomic E-state index is 6.28. The van der Waals surface area contributed by atoms with Crippen LogP contribution in [0.1, 0.15) is 39.8 Å². The molecule has 0 spiro atoms. The highest BCUT2D eigenvalue weighted by Crippen LogP contribution is 2.27. The van der Waals surface area contributed by atoms with Crippen molar-refractivity contribution in [1.82, 2.24) is 10.3 Å². The third-order valence-electron chi connectivity index (χ3n) is 4.41. The molecule has 1 saturated heterocycles. The van der Waals surface area contributed by atoms with Crippen molar-refractivity contribution in [3.05, 3.63) is 22.8 Å². The molecule has 2 rings (SSSR count). The molecule has 1 fully saturated rings. The van der Waals surface area contributed by atoms with Crippen molar-refractivity contribution < 1.29 is 0 Å². The van der Waals surface area contributed by atoms with Gasteiger partial charge >= 0.3 is 0 Å². The molecular weight excluding hydrogens is 282 g/mol. The summed E-state index contributed by atoms with van der Waals surface area (Å²) in [5.74, 6) is 3.23. The van der Waals surface area contributed by atoms with E-state index in [1.807, 2.05) is 6.07 Å². The van der Waals surface area contributed by atoms with Crippen LogP contribution in [0.2, 0.25) is 5.02 Å². The summed E-state index contributed by atoms with van der Waals surface area (Å²) in [5, 5.41) is 4.18. The monoisotopic (exact) mass is 309 g/mol. The molecule has 2 unspecified atom stereocenters. The quantitative estimate of drug-likeness (QED) is 0.892. The first-order valence-electron chi connectivity index (χ1n) is 8.08. The summed E-state index contributed by atoms with van der Waals surface area (Å²) in [6.45, 7) is 13.0. The Hall–Kier alpha value is -0.800. The van der Waals surface area contributed by atoms with Crippen molar-refractivity contribution in [2.24, 2.45) is 17.8 Å². The van der Waals surface area contributed by atoms with Crippen molar-refractivity contribution >= 4 is 17.4 Å². The number of hydrogen-bond acceptors (Lipinski definition) is 3. The Balaban J connectivity index is 2.04. The predicted octanol–water partition coefficient (Wildman–Crippen LogP) is 3.96. The number of pyridine rings is 1. The summed E-state index contributed by atoms with van der Waals surface area (Å²) in [6, 6.07) is 4.04. The minimum absolute atomic E-state index is 0.636. The van der Waals surface area contributed by atoms with Gasteiger partial charge in [0.25, 0.3) is 0 Å². The lowest BCUT2D eigenvalue weighted by atomic mass is 9.89. The van der Waals surface area contributed by atoms with E-state index in [-0.39, 0.29) is 0 Å². The smallest absolute Gasteiger partial charge is 0.128 e. The predicted molar refractivity (Wildman–Crippen MR) is 90.9 cm³/mol. The normalized spacial score (nSPS) is 22.9. The van der Waals surface area contributed by atoms with Gasteiger partial charge in [0.2, 0.25) is 0 Å². The molecule has 1 aromatic heterocycles. The van der Waals surface area contributed by atoms with E-state index < -0.39 is 0 Å². The van der Waals surface area contributed by atoms with Gasteiger partial charge in [0.15, 0.2) is 0 Å². The van der Waals surface area contributed by atoms with E-state index in [4.69, 9.17) is 16.6 Å². The largest absolute Gasteiger partial charge is 0.356 e. The van der Waals surface area contributed by atoms with Gasteiger partial charge in [0.1, 0.15) is 5.82 Å². The second kappa shape index (κ2) is 7.46. The van der Waals surface area contributed by atoms with Gasteiger partial charge in [0.05, 0.1) is 10.7 Å². The molecule has 1 aromatic rings. The molecule has 21 heavy (non-hydrogen) atoms. The van der Waals surface area contributed by atoms with Gasteiger partial charge in [-0.15, -0.1) is 0 Å². The zero-order chi connectivity index (χ0) is 15.4. The van der Waals surface area contributed by atoms with E-state index >= 15 is 0 Å². The molecule has 3 nitrogen and oxygen atoms in total. The molecule has 0 aliphatic carbocycles. The minimum atomic E-state index is 0.636. The summed E-state index contributed by atoms with van der Waals surface area (Å²) in [7, 11) is 0. The van der Waals surface area contributed by atoms with Crippen molar-refractivity contribution in [3.63, 3.8) is 0 Å². The van der Waals surface area contributed by atoms with Crippen molar-refractivity contribution in [3.8, 4) is 0 Å². The first-order chi connectivity index (χ1) is 9.97. The Morgan fingerprint density at radius 2 is 2.10 bits per heavy atom. The fourth-order valence-corrected chi connectivity index (χ4v) is 2.90. The van der Waals surface area contributed by atoms with Crippen molar-refractivity contribution in [2.75, 3.05) is 24.5 Å². The van der Waals surface area contributed by atoms with Gasteiger partial charge in [-0.25, -0.2) is 4.98 Å². The summed E-state index contributed by atoms with van der Waals surface area (Å²) < 4.78 is 0. The van der Waals surface area contributed by atoms with Crippen LogP contribution in [0.5, 0.6) is 0 Å². The van der Waals surface area contributed by atoms with E-state index in [2.05, 4.69) is 44.0 Å². The molecule has 0 radical (unpaired) electrons. The van der Waals surface area contributed by atoms with Gasteiger partial charge in [0, 0.05) is 19.6 Å². The Kier molecular flexibility index (Phi) is 5.88. The third-order valence-corrected chi connectivity index (χ3v) is 4.75. The van der Waals surface area contributed by atoms with E-state index in [0.29, 0.717) is 5.92 Å². The van der Waals surface area contributed by atoms with Crippen LogP contribution in [-0.2, 0) is 6.54 Å². The highest BCUT2D eigenvalue weighted by Gasteiger charge is 2.23. The molecule has 1 N–H and O–H groups in total. The Morgan fingerprint density at radius 3 is 2.76 bits per heavy atom. The topological polar surface area (TPSA) is 28.2 Å². The average Bonchev–Trinajstić information content (AvgIpc) is 2.43. The first-order valence-corrected chi connectivity index (χ1v) is 8.46. The molecule has 1 aliphatic heterocycles.